The minimum absolute atomic E-state index is 0.0461. The van der Waals surface area contributed by atoms with Crippen LogP contribution in [0.1, 0.15) is 23.2 Å². The summed E-state index contributed by atoms with van der Waals surface area (Å²) >= 11 is 6.00. The van der Waals surface area contributed by atoms with Gasteiger partial charge >= 0.3 is 0 Å². The summed E-state index contributed by atoms with van der Waals surface area (Å²) in [5.74, 6) is -0.120. The monoisotopic (exact) mass is 248 g/mol. The first-order chi connectivity index (χ1) is 8.22. The minimum Gasteiger partial charge on any atom is -0.337 e. The molecule has 1 unspecified atom stereocenters. The summed E-state index contributed by atoms with van der Waals surface area (Å²) in [6.07, 6.45) is 1.76. The van der Waals surface area contributed by atoms with Crippen molar-refractivity contribution in [2.75, 3.05) is 13.1 Å². The van der Waals surface area contributed by atoms with E-state index in [-0.39, 0.29) is 11.8 Å². The van der Waals surface area contributed by atoms with Crippen LogP contribution in [-0.4, -0.2) is 23.9 Å². The molecule has 0 bridgehead atoms. The maximum atomic E-state index is 12.2. The summed E-state index contributed by atoms with van der Waals surface area (Å²) in [4.78, 5) is 13.9. The van der Waals surface area contributed by atoms with Gasteiger partial charge in [0.1, 0.15) is 0 Å². The van der Waals surface area contributed by atoms with Crippen LogP contribution in [0, 0.1) is 17.2 Å². The Morgan fingerprint density at radius 2 is 2.24 bits per heavy atom. The lowest BCUT2D eigenvalue weighted by Crippen LogP contribution is -2.39. The largest absolute Gasteiger partial charge is 0.337 e. The zero-order chi connectivity index (χ0) is 12.3. The van der Waals surface area contributed by atoms with E-state index in [9.17, 15) is 4.79 Å². The Balaban J connectivity index is 2.16. The molecule has 1 atom stereocenters. The number of carbonyl (C=O) groups excluding carboxylic acids is 1. The SMILES string of the molecule is N#CC1CCCN(C(=O)c2ccccc2Cl)C1. The highest BCUT2D eigenvalue weighted by Crippen LogP contribution is 2.21. The molecule has 0 radical (unpaired) electrons. The number of rotatable bonds is 1. The molecule has 3 nitrogen and oxygen atoms in total. The molecule has 1 aliphatic rings. The van der Waals surface area contributed by atoms with Crippen molar-refractivity contribution in [2.24, 2.45) is 5.92 Å². The number of carbonyl (C=O) groups is 1. The van der Waals surface area contributed by atoms with Crippen LogP contribution in [0.5, 0.6) is 0 Å². The summed E-state index contributed by atoms with van der Waals surface area (Å²) < 4.78 is 0. The van der Waals surface area contributed by atoms with Crippen LogP contribution in [0.3, 0.4) is 0 Å². The Bertz CT molecular complexity index is 467. The van der Waals surface area contributed by atoms with Gasteiger partial charge in [-0.15, -0.1) is 0 Å². The zero-order valence-electron chi connectivity index (χ0n) is 9.40. The van der Waals surface area contributed by atoms with Gasteiger partial charge in [-0.1, -0.05) is 23.7 Å². The van der Waals surface area contributed by atoms with Crippen molar-refractivity contribution in [3.8, 4) is 6.07 Å². The maximum Gasteiger partial charge on any atom is 0.255 e. The van der Waals surface area contributed by atoms with Gasteiger partial charge in [0.05, 0.1) is 22.6 Å². The van der Waals surface area contributed by atoms with Gasteiger partial charge in [-0.25, -0.2) is 0 Å². The minimum atomic E-state index is -0.0736. The molecule has 0 spiro atoms. The molecule has 88 valence electrons. The molecule has 1 aromatic carbocycles. The molecule has 0 aromatic heterocycles. The van der Waals surface area contributed by atoms with E-state index in [4.69, 9.17) is 16.9 Å². The molecule has 2 rings (SSSR count). The van der Waals surface area contributed by atoms with Crippen LogP contribution < -0.4 is 0 Å². The fourth-order valence-corrected chi connectivity index (χ4v) is 2.29. The molecule has 0 aliphatic carbocycles. The second-order valence-corrected chi connectivity index (χ2v) is 4.61. The standard InChI is InChI=1S/C13H13ClN2O/c14-12-6-2-1-5-11(12)13(17)16-7-3-4-10(8-15)9-16/h1-2,5-6,10H,3-4,7,9H2. The number of hydrogen-bond donors (Lipinski definition) is 0. The fraction of sp³-hybridized carbons (Fsp3) is 0.385. The normalized spacial score (nSPS) is 19.8. The van der Waals surface area contributed by atoms with Crippen molar-refractivity contribution in [3.63, 3.8) is 0 Å². The number of likely N-dealkylation sites (tertiary alicyclic amines) is 1. The molecule has 1 heterocycles. The summed E-state index contributed by atoms with van der Waals surface area (Å²) in [6.45, 7) is 1.22. The van der Waals surface area contributed by atoms with E-state index in [1.165, 1.54) is 0 Å². The van der Waals surface area contributed by atoms with Crippen molar-refractivity contribution < 1.29 is 4.79 Å². The third kappa shape index (κ3) is 2.59. The molecule has 1 fully saturated rings. The number of hydrogen-bond acceptors (Lipinski definition) is 2. The van der Waals surface area contributed by atoms with Crippen molar-refractivity contribution in [1.29, 1.82) is 5.26 Å². The Morgan fingerprint density at radius 1 is 1.47 bits per heavy atom. The molecular weight excluding hydrogens is 236 g/mol. The second-order valence-electron chi connectivity index (χ2n) is 4.20. The van der Waals surface area contributed by atoms with Gasteiger partial charge < -0.3 is 4.90 Å². The number of amides is 1. The van der Waals surface area contributed by atoms with E-state index in [2.05, 4.69) is 6.07 Å². The summed E-state index contributed by atoms with van der Waals surface area (Å²) in [5.41, 5.74) is 0.521. The fourth-order valence-electron chi connectivity index (χ4n) is 2.07. The molecule has 1 saturated heterocycles. The van der Waals surface area contributed by atoms with Crippen molar-refractivity contribution in [1.82, 2.24) is 4.90 Å². The van der Waals surface area contributed by atoms with Gasteiger partial charge in [-0.3, -0.25) is 4.79 Å². The average molecular weight is 249 g/mol. The molecule has 0 saturated carbocycles. The number of nitriles is 1. The Labute approximate surface area is 106 Å². The van der Waals surface area contributed by atoms with Gasteiger partial charge in [0, 0.05) is 13.1 Å². The van der Waals surface area contributed by atoms with Crippen LogP contribution in [0.4, 0.5) is 0 Å². The lowest BCUT2D eigenvalue weighted by molar-refractivity contribution is 0.0699. The third-order valence-corrected chi connectivity index (χ3v) is 3.33. The number of benzene rings is 1. The molecular formula is C13H13ClN2O. The summed E-state index contributed by atoms with van der Waals surface area (Å²) in [5, 5.41) is 9.37. The smallest absolute Gasteiger partial charge is 0.255 e. The van der Waals surface area contributed by atoms with Gasteiger partial charge in [-0.05, 0) is 25.0 Å². The predicted octanol–water partition coefficient (Wildman–Crippen LogP) is 2.72. The molecule has 0 N–H and O–H groups in total. The van der Waals surface area contributed by atoms with Crippen LogP contribution >= 0.6 is 11.6 Å². The Kier molecular flexibility index (Phi) is 3.65. The van der Waals surface area contributed by atoms with Crippen molar-refractivity contribution >= 4 is 17.5 Å². The third-order valence-electron chi connectivity index (χ3n) is 3.00. The second kappa shape index (κ2) is 5.20. The first-order valence-electron chi connectivity index (χ1n) is 5.66. The van der Waals surface area contributed by atoms with E-state index in [1.807, 2.05) is 0 Å². The van der Waals surface area contributed by atoms with Crippen LogP contribution in [-0.2, 0) is 0 Å². The lowest BCUT2D eigenvalue weighted by atomic mass is 9.99. The first kappa shape index (κ1) is 11.9. The van der Waals surface area contributed by atoms with E-state index < -0.39 is 0 Å². The zero-order valence-corrected chi connectivity index (χ0v) is 10.2. The van der Waals surface area contributed by atoms with Crippen LogP contribution in [0.15, 0.2) is 24.3 Å². The van der Waals surface area contributed by atoms with Crippen LogP contribution in [0.2, 0.25) is 5.02 Å². The van der Waals surface area contributed by atoms with E-state index in [1.54, 1.807) is 29.2 Å². The highest BCUT2D eigenvalue weighted by molar-refractivity contribution is 6.33. The topological polar surface area (TPSA) is 44.1 Å². The first-order valence-corrected chi connectivity index (χ1v) is 6.03. The molecule has 4 heteroatoms. The van der Waals surface area contributed by atoms with Gasteiger partial charge in [0.2, 0.25) is 0 Å². The maximum absolute atomic E-state index is 12.2. The molecule has 1 amide bonds. The molecule has 1 aromatic rings. The Morgan fingerprint density at radius 3 is 2.94 bits per heavy atom. The predicted molar refractivity (Wildman–Crippen MR) is 65.7 cm³/mol. The Hall–Kier alpha value is -1.53. The highest BCUT2D eigenvalue weighted by Gasteiger charge is 2.25. The van der Waals surface area contributed by atoms with Gasteiger partial charge in [0.25, 0.3) is 5.91 Å². The van der Waals surface area contributed by atoms with Gasteiger partial charge in [-0.2, -0.15) is 5.26 Å². The summed E-state index contributed by atoms with van der Waals surface area (Å²) in [6, 6.07) is 9.26. The molecule has 1 aliphatic heterocycles. The number of nitrogens with zero attached hydrogens (tertiary/aromatic N) is 2. The van der Waals surface area contributed by atoms with Crippen molar-refractivity contribution in [3.05, 3.63) is 34.9 Å². The summed E-state index contributed by atoms with van der Waals surface area (Å²) in [7, 11) is 0. The van der Waals surface area contributed by atoms with Crippen LogP contribution in [0.25, 0.3) is 0 Å². The van der Waals surface area contributed by atoms with Crippen molar-refractivity contribution in [2.45, 2.75) is 12.8 Å². The highest BCUT2D eigenvalue weighted by atomic mass is 35.5. The van der Waals surface area contributed by atoms with Gasteiger partial charge in [0.15, 0.2) is 0 Å². The number of piperidine rings is 1. The number of halogens is 1. The quantitative estimate of drug-likeness (QED) is 0.767. The average Bonchev–Trinajstić information content (AvgIpc) is 2.38. The van der Waals surface area contributed by atoms with E-state index >= 15 is 0 Å². The van der Waals surface area contributed by atoms with E-state index in [0.29, 0.717) is 23.7 Å². The molecule has 17 heavy (non-hydrogen) atoms. The van der Waals surface area contributed by atoms with E-state index in [0.717, 1.165) is 12.8 Å². The lowest BCUT2D eigenvalue weighted by Gasteiger charge is -2.29.